The standard InChI is InChI=1S/C23H19N9O9/c24-9-10-4-5-13(18(26)34)14(6-10)40-19-17(32(37)38)20(41-15(21(35)36)8-16(25)33)31-23(30-19)39-12-3-1-2-11(7-12)29-22(27)28/h1-7,15H,8H2,(H2,25,33)(H2,26,34)(H,35,36)(H4,27,28,29). The van der Waals surface area contributed by atoms with Gasteiger partial charge in [0.1, 0.15) is 11.5 Å². The van der Waals surface area contributed by atoms with Crippen molar-refractivity contribution in [1.29, 1.82) is 5.26 Å². The van der Waals surface area contributed by atoms with Gasteiger partial charge in [-0.05, 0) is 30.3 Å². The molecule has 0 spiro atoms. The van der Waals surface area contributed by atoms with Gasteiger partial charge in [-0.15, -0.1) is 0 Å². The van der Waals surface area contributed by atoms with Crippen molar-refractivity contribution < 1.29 is 38.6 Å². The van der Waals surface area contributed by atoms with E-state index in [1.54, 1.807) is 6.07 Å². The van der Waals surface area contributed by atoms with Crippen LogP contribution >= 0.6 is 0 Å². The van der Waals surface area contributed by atoms with Crippen molar-refractivity contribution in [2.45, 2.75) is 12.5 Å². The van der Waals surface area contributed by atoms with E-state index in [0.717, 1.165) is 12.1 Å². The van der Waals surface area contributed by atoms with Gasteiger partial charge in [0.25, 0.3) is 5.91 Å². The summed E-state index contributed by atoms with van der Waals surface area (Å²) in [6.45, 7) is 0. The Hall–Kier alpha value is -6.51. The summed E-state index contributed by atoms with van der Waals surface area (Å²) in [5.74, 6) is -6.40. The summed E-state index contributed by atoms with van der Waals surface area (Å²) in [6, 6.07) is 10.3. The monoisotopic (exact) mass is 565 g/mol. The van der Waals surface area contributed by atoms with Crippen LogP contribution in [0.15, 0.2) is 47.5 Å². The van der Waals surface area contributed by atoms with Crippen LogP contribution in [0.4, 0.5) is 11.4 Å². The Morgan fingerprint density at radius 1 is 1.07 bits per heavy atom. The van der Waals surface area contributed by atoms with Crippen LogP contribution in [-0.2, 0) is 9.59 Å². The first-order chi connectivity index (χ1) is 19.4. The third-order valence-corrected chi connectivity index (χ3v) is 4.77. The van der Waals surface area contributed by atoms with E-state index in [4.69, 9.17) is 37.1 Å². The van der Waals surface area contributed by atoms with Gasteiger partial charge < -0.3 is 42.3 Å². The second-order valence-electron chi connectivity index (χ2n) is 7.76. The number of nitriles is 1. The van der Waals surface area contributed by atoms with Gasteiger partial charge in [-0.1, -0.05) is 6.07 Å². The van der Waals surface area contributed by atoms with Crippen LogP contribution < -0.4 is 37.1 Å². The number of primary amides is 2. The fourth-order valence-corrected chi connectivity index (χ4v) is 3.10. The van der Waals surface area contributed by atoms with Crippen LogP contribution in [0.5, 0.6) is 29.3 Å². The molecule has 210 valence electrons. The summed E-state index contributed by atoms with van der Waals surface area (Å²) in [5.41, 5.74) is 20.0. The SMILES string of the molecule is N#Cc1ccc(C(N)=O)c(Oc2nc(Oc3cccc(N=C(N)N)c3)nc(OC(CC(N)=O)C(=O)O)c2[N+](=O)[O-])c1. The molecule has 1 atom stereocenters. The number of carbonyl (C=O) groups is 3. The number of nitrogens with two attached hydrogens (primary N) is 4. The number of hydrogen-bond acceptors (Lipinski definition) is 12. The number of carbonyl (C=O) groups excluding carboxylic acids is 2. The molecule has 0 saturated heterocycles. The number of benzene rings is 2. The van der Waals surface area contributed by atoms with E-state index >= 15 is 0 Å². The molecule has 0 fully saturated rings. The minimum absolute atomic E-state index is 0.00877. The summed E-state index contributed by atoms with van der Waals surface area (Å²) >= 11 is 0. The van der Waals surface area contributed by atoms with E-state index in [0.29, 0.717) is 0 Å². The Morgan fingerprint density at radius 3 is 2.37 bits per heavy atom. The topological polar surface area (TPSA) is 308 Å². The summed E-state index contributed by atoms with van der Waals surface area (Å²) < 4.78 is 16.3. The van der Waals surface area contributed by atoms with Crippen molar-refractivity contribution in [1.82, 2.24) is 9.97 Å². The molecule has 1 aromatic heterocycles. The molecular formula is C23H19N9O9. The van der Waals surface area contributed by atoms with E-state index < -0.39 is 64.4 Å². The largest absolute Gasteiger partial charge is 0.478 e. The first kappa shape index (κ1) is 29.1. The molecule has 2 aromatic carbocycles. The predicted molar refractivity (Wildman–Crippen MR) is 136 cm³/mol. The predicted octanol–water partition coefficient (Wildman–Crippen LogP) is 0.552. The second-order valence-corrected chi connectivity index (χ2v) is 7.76. The minimum atomic E-state index is -2.02. The number of aliphatic carboxylic acids is 1. The van der Waals surface area contributed by atoms with Gasteiger partial charge >= 0.3 is 29.4 Å². The number of ether oxygens (including phenoxy) is 3. The number of hydrogen-bond donors (Lipinski definition) is 5. The number of nitrogens with zero attached hydrogens (tertiary/aromatic N) is 5. The first-order valence-electron chi connectivity index (χ1n) is 11.0. The molecule has 1 unspecified atom stereocenters. The summed E-state index contributed by atoms with van der Waals surface area (Å²) in [5, 5.41) is 30.8. The lowest BCUT2D eigenvalue weighted by Crippen LogP contribution is -2.32. The second kappa shape index (κ2) is 12.4. The van der Waals surface area contributed by atoms with Crippen molar-refractivity contribution in [3.63, 3.8) is 0 Å². The summed E-state index contributed by atoms with van der Waals surface area (Å²) in [4.78, 5) is 57.5. The Labute approximate surface area is 228 Å². The number of carboxylic acid groups (broad SMARTS) is 1. The van der Waals surface area contributed by atoms with E-state index in [9.17, 15) is 34.9 Å². The highest BCUT2D eigenvalue weighted by Gasteiger charge is 2.34. The fourth-order valence-electron chi connectivity index (χ4n) is 3.10. The molecule has 41 heavy (non-hydrogen) atoms. The molecule has 3 aromatic rings. The summed E-state index contributed by atoms with van der Waals surface area (Å²) in [7, 11) is 0. The zero-order valence-corrected chi connectivity index (χ0v) is 20.6. The molecule has 18 nitrogen and oxygen atoms in total. The van der Waals surface area contributed by atoms with Crippen LogP contribution in [0.3, 0.4) is 0 Å². The molecule has 0 aliphatic rings. The molecule has 3 rings (SSSR count). The van der Waals surface area contributed by atoms with Crippen molar-refractivity contribution in [2.24, 2.45) is 27.9 Å². The third-order valence-electron chi connectivity index (χ3n) is 4.77. The zero-order valence-electron chi connectivity index (χ0n) is 20.6. The quantitative estimate of drug-likeness (QED) is 0.0866. The molecule has 9 N–H and O–H groups in total. The number of rotatable bonds is 12. The van der Waals surface area contributed by atoms with Gasteiger partial charge in [0.15, 0.2) is 5.96 Å². The highest BCUT2D eigenvalue weighted by Crippen LogP contribution is 2.40. The average molecular weight is 565 g/mol. The molecule has 0 aliphatic heterocycles. The van der Waals surface area contributed by atoms with Gasteiger partial charge in [0, 0.05) is 6.07 Å². The lowest BCUT2D eigenvalue weighted by Gasteiger charge is -2.15. The van der Waals surface area contributed by atoms with Crippen molar-refractivity contribution in [3.8, 4) is 35.3 Å². The van der Waals surface area contributed by atoms with E-state index in [2.05, 4.69) is 15.0 Å². The van der Waals surface area contributed by atoms with Crippen molar-refractivity contribution >= 4 is 35.1 Å². The Kier molecular flexibility index (Phi) is 8.76. The molecule has 2 amide bonds. The lowest BCUT2D eigenvalue weighted by atomic mass is 10.1. The van der Waals surface area contributed by atoms with Crippen LogP contribution in [0.2, 0.25) is 0 Å². The zero-order chi connectivity index (χ0) is 30.3. The maximum Gasteiger partial charge on any atom is 0.392 e. The third kappa shape index (κ3) is 7.51. The summed E-state index contributed by atoms with van der Waals surface area (Å²) in [6.07, 6.45) is -2.91. The van der Waals surface area contributed by atoms with E-state index in [1.165, 1.54) is 30.3 Å². The van der Waals surface area contributed by atoms with Gasteiger partial charge in [0.2, 0.25) is 12.0 Å². The number of aromatic nitrogens is 2. The van der Waals surface area contributed by atoms with E-state index in [1.807, 2.05) is 0 Å². The highest BCUT2D eigenvalue weighted by atomic mass is 16.6. The molecular weight excluding hydrogens is 546 g/mol. The van der Waals surface area contributed by atoms with Crippen LogP contribution in [0.1, 0.15) is 22.3 Å². The number of nitro groups is 1. The smallest absolute Gasteiger partial charge is 0.392 e. The van der Waals surface area contributed by atoms with Crippen molar-refractivity contribution in [2.75, 3.05) is 0 Å². The number of guanidine groups is 1. The van der Waals surface area contributed by atoms with Crippen molar-refractivity contribution in [3.05, 3.63) is 63.7 Å². The maximum absolute atomic E-state index is 12.1. The van der Waals surface area contributed by atoms with Gasteiger partial charge in [-0.2, -0.15) is 15.2 Å². The minimum Gasteiger partial charge on any atom is -0.478 e. The maximum atomic E-state index is 12.1. The normalized spacial score (nSPS) is 10.9. The molecule has 0 aliphatic carbocycles. The molecule has 18 heteroatoms. The Bertz CT molecular complexity index is 1610. The van der Waals surface area contributed by atoms with Crippen LogP contribution in [0, 0.1) is 21.4 Å². The fraction of sp³-hybridized carbons (Fsp3) is 0.0870. The van der Waals surface area contributed by atoms with Crippen LogP contribution in [-0.4, -0.2) is 49.8 Å². The molecule has 1 heterocycles. The Morgan fingerprint density at radius 2 is 1.78 bits per heavy atom. The van der Waals surface area contributed by atoms with Crippen LogP contribution in [0.25, 0.3) is 0 Å². The van der Waals surface area contributed by atoms with Gasteiger partial charge in [-0.3, -0.25) is 19.7 Å². The van der Waals surface area contributed by atoms with E-state index in [-0.39, 0.29) is 28.5 Å². The molecule has 0 bridgehead atoms. The molecule has 0 radical (unpaired) electrons. The van der Waals surface area contributed by atoms with Gasteiger partial charge in [-0.25, -0.2) is 9.79 Å². The van der Waals surface area contributed by atoms with Gasteiger partial charge in [0.05, 0.1) is 34.2 Å². The number of amides is 2. The average Bonchev–Trinajstić information content (AvgIpc) is 2.87. The lowest BCUT2D eigenvalue weighted by molar-refractivity contribution is -0.387. The number of carboxylic acids is 1. The Balaban J connectivity index is 2.22. The first-order valence-corrected chi connectivity index (χ1v) is 11.0. The molecule has 0 saturated carbocycles. The highest BCUT2D eigenvalue weighted by molar-refractivity contribution is 5.96. The number of aliphatic imine (C=N–C) groups is 1.